The molecule has 0 bridgehead atoms. The molecule has 1 nitrogen and oxygen atoms in total. The highest BCUT2D eigenvalue weighted by Gasteiger charge is 2.12. The summed E-state index contributed by atoms with van der Waals surface area (Å²) in [6.07, 6.45) is 3.55. The zero-order chi connectivity index (χ0) is 11.9. The second-order valence-electron chi connectivity index (χ2n) is 5.14. The minimum atomic E-state index is 0.319. The first-order valence-corrected chi connectivity index (χ1v) is 6.92. The van der Waals surface area contributed by atoms with Gasteiger partial charge >= 0.3 is 0 Å². The largest absolute Gasteiger partial charge is 0.417 e. The van der Waals surface area contributed by atoms with Gasteiger partial charge in [-0.25, -0.2) is 0 Å². The van der Waals surface area contributed by atoms with Gasteiger partial charge in [0.25, 0.3) is 0 Å². The van der Waals surface area contributed by atoms with Gasteiger partial charge in [0, 0.05) is 6.61 Å². The van der Waals surface area contributed by atoms with E-state index in [-0.39, 0.29) is 0 Å². The smallest absolute Gasteiger partial charge is 0.235 e. The maximum Gasteiger partial charge on any atom is 0.235 e. The van der Waals surface area contributed by atoms with Crippen molar-refractivity contribution in [3.05, 3.63) is 35.9 Å². The molecule has 0 atom stereocenters. The Morgan fingerprint density at radius 3 is 2.38 bits per heavy atom. The molecule has 1 rings (SSSR count). The van der Waals surface area contributed by atoms with Crippen LogP contribution in [0.1, 0.15) is 39.2 Å². The first-order valence-electron chi connectivity index (χ1n) is 6.01. The molecule has 0 aromatic heterocycles. The molecule has 0 aliphatic heterocycles. The minimum Gasteiger partial charge on any atom is -0.417 e. The Bertz CT molecular complexity index is 277. The highest BCUT2D eigenvalue weighted by Crippen LogP contribution is 2.20. The number of benzene rings is 1. The van der Waals surface area contributed by atoms with E-state index < -0.39 is 0 Å². The van der Waals surface area contributed by atoms with Gasteiger partial charge in [0.1, 0.15) is 0 Å². The van der Waals surface area contributed by atoms with Crippen molar-refractivity contribution in [2.45, 2.75) is 45.1 Å². The van der Waals surface area contributed by atoms with Crippen molar-refractivity contribution in [3.63, 3.8) is 0 Å². The van der Waals surface area contributed by atoms with Gasteiger partial charge in [0.15, 0.2) is 0 Å². The summed E-state index contributed by atoms with van der Waals surface area (Å²) < 4.78 is 5.66. The number of hydrogen-bond donors (Lipinski definition) is 0. The van der Waals surface area contributed by atoms with Crippen molar-refractivity contribution >= 4 is 9.76 Å². The van der Waals surface area contributed by atoms with Crippen LogP contribution in [0.15, 0.2) is 30.3 Å². The molecule has 0 heterocycles. The second-order valence-corrected chi connectivity index (χ2v) is 7.14. The molecule has 0 saturated heterocycles. The van der Waals surface area contributed by atoms with Crippen LogP contribution < -0.4 is 0 Å². The average Bonchev–Trinajstić information content (AvgIpc) is 2.23. The monoisotopic (exact) mass is 234 g/mol. The van der Waals surface area contributed by atoms with Crippen molar-refractivity contribution in [1.29, 1.82) is 0 Å². The van der Waals surface area contributed by atoms with Crippen molar-refractivity contribution < 1.29 is 4.43 Å². The van der Waals surface area contributed by atoms with Gasteiger partial charge in [0.2, 0.25) is 9.76 Å². The standard InChI is InChI=1S/C14H22OSi/c1-14(2,3)16-15-12-8-7-11-13-9-5-4-6-10-13/h4-6,9-10H,7-8,11-12H2,1-3H3. The fraction of sp³-hybridized carbons (Fsp3) is 0.571. The number of unbranched alkanes of at least 4 members (excludes halogenated alkanes) is 1. The number of aryl methyl sites for hydroxylation is 1. The molecule has 0 N–H and O–H groups in total. The summed E-state index contributed by atoms with van der Waals surface area (Å²) in [6.45, 7) is 7.56. The van der Waals surface area contributed by atoms with Gasteiger partial charge < -0.3 is 4.43 Å². The lowest BCUT2D eigenvalue weighted by Gasteiger charge is -2.15. The lowest BCUT2D eigenvalue weighted by molar-refractivity contribution is 0.310. The van der Waals surface area contributed by atoms with Crippen LogP contribution in [-0.4, -0.2) is 16.4 Å². The van der Waals surface area contributed by atoms with E-state index in [0.29, 0.717) is 14.8 Å². The fourth-order valence-electron chi connectivity index (χ4n) is 1.42. The van der Waals surface area contributed by atoms with Gasteiger partial charge in [-0.05, 0) is 29.9 Å². The molecule has 0 fully saturated rings. The predicted octanol–water partition coefficient (Wildman–Crippen LogP) is 3.86. The van der Waals surface area contributed by atoms with Gasteiger partial charge in [-0.2, -0.15) is 0 Å². The summed E-state index contributed by atoms with van der Waals surface area (Å²) in [7, 11) is 0.619. The average molecular weight is 234 g/mol. The van der Waals surface area contributed by atoms with Crippen molar-refractivity contribution in [2.24, 2.45) is 0 Å². The van der Waals surface area contributed by atoms with E-state index in [1.165, 1.54) is 18.4 Å². The van der Waals surface area contributed by atoms with E-state index in [9.17, 15) is 0 Å². The summed E-state index contributed by atoms with van der Waals surface area (Å²) in [5.74, 6) is 0. The molecule has 0 unspecified atom stereocenters. The Balaban J connectivity index is 2.01. The topological polar surface area (TPSA) is 9.23 Å². The predicted molar refractivity (Wildman–Crippen MR) is 70.8 cm³/mol. The molecule has 2 radical (unpaired) electrons. The van der Waals surface area contributed by atoms with Crippen LogP contribution >= 0.6 is 0 Å². The molecular weight excluding hydrogens is 212 g/mol. The Hall–Kier alpha value is -0.603. The van der Waals surface area contributed by atoms with Crippen LogP contribution in [0.25, 0.3) is 0 Å². The molecule has 0 amide bonds. The minimum absolute atomic E-state index is 0.319. The molecule has 0 saturated carbocycles. The van der Waals surface area contributed by atoms with Crippen molar-refractivity contribution in [3.8, 4) is 0 Å². The summed E-state index contributed by atoms with van der Waals surface area (Å²) >= 11 is 0. The third-order valence-corrected chi connectivity index (χ3v) is 3.14. The lowest BCUT2D eigenvalue weighted by Crippen LogP contribution is -2.13. The van der Waals surface area contributed by atoms with E-state index in [0.717, 1.165) is 13.0 Å². The van der Waals surface area contributed by atoms with Crippen LogP contribution in [0.4, 0.5) is 0 Å². The van der Waals surface area contributed by atoms with E-state index in [1.54, 1.807) is 0 Å². The lowest BCUT2D eigenvalue weighted by atomic mass is 10.1. The van der Waals surface area contributed by atoms with E-state index in [4.69, 9.17) is 4.43 Å². The molecular formula is C14H22OSi. The summed E-state index contributed by atoms with van der Waals surface area (Å²) in [5.41, 5.74) is 1.43. The van der Waals surface area contributed by atoms with Crippen LogP contribution in [0, 0.1) is 0 Å². The SMILES string of the molecule is CC(C)(C)[Si]OCCCCc1ccccc1. The molecule has 2 heteroatoms. The summed E-state index contributed by atoms with van der Waals surface area (Å²) in [5, 5.41) is 0.319. The van der Waals surface area contributed by atoms with Crippen LogP contribution in [0.5, 0.6) is 0 Å². The highest BCUT2D eigenvalue weighted by molar-refractivity contribution is 6.31. The van der Waals surface area contributed by atoms with E-state index >= 15 is 0 Å². The fourth-order valence-corrected chi connectivity index (χ4v) is 2.09. The van der Waals surface area contributed by atoms with Gasteiger partial charge in [-0.1, -0.05) is 51.1 Å². The molecule has 0 spiro atoms. The third kappa shape index (κ3) is 6.80. The zero-order valence-electron chi connectivity index (χ0n) is 10.6. The Morgan fingerprint density at radius 2 is 1.75 bits per heavy atom. The molecule has 1 aromatic carbocycles. The number of hydrogen-bond acceptors (Lipinski definition) is 1. The molecule has 0 aliphatic rings. The molecule has 1 aromatic rings. The van der Waals surface area contributed by atoms with Gasteiger partial charge in [-0.15, -0.1) is 0 Å². The van der Waals surface area contributed by atoms with E-state index in [1.807, 2.05) is 0 Å². The van der Waals surface area contributed by atoms with Crippen LogP contribution in [-0.2, 0) is 10.8 Å². The molecule has 0 aliphatic carbocycles. The van der Waals surface area contributed by atoms with Crippen molar-refractivity contribution in [1.82, 2.24) is 0 Å². The van der Waals surface area contributed by atoms with E-state index in [2.05, 4.69) is 51.1 Å². The van der Waals surface area contributed by atoms with Gasteiger partial charge in [-0.3, -0.25) is 0 Å². The quantitative estimate of drug-likeness (QED) is 0.536. The first kappa shape index (κ1) is 13.5. The normalized spacial score (nSPS) is 11.7. The Labute approximate surface area is 102 Å². The van der Waals surface area contributed by atoms with Crippen molar-refractivity contribution in [2.75, 3.05) is 6.61 Å². The molecule has 88 valence electrons. The van der Waals surface area contributed by atoms with Gasteiger partial charge in [0.05, 0.1) is 0 Å². The first-order chi connectivity index (χ1) is 7.58. The third-order valence-electron chi connectivity index (χ3n) is 2.18. The highest BCUT2D eigenvalue weighted by atomic mass is 28.2. The maximum atomic E-state index is 5.66. The molecule has 16 heavy (non-hydrogen) atoms. The van der Waals surface area contributed by atoms with Crippen LogP contribution in [0.2, 0.25) is 5.04 Å². The maximum absolute atomic E-state index is 5.66. The summed E-state index contributed by atoms with van der Waals surface area (Å²) in [4.78, 5) is 0. The second kappa shape index (κ2) is 6.87. The zero-order valence-corrected chi connectivity index (χ0v) is 11.6. The Morgan fingerprint density at radius 1 is 1.06 bits per heavy atom. The van der Waals surface area contributed by atoms with Crippen LogP contribution in [0.3, 0.4) is 0 Å². The number of rotatable bonds is 6. The Kier molecular flexibility index (Phi) is 5.78. The summed E-state index contributed by atoms with van der Waals surface area (Å²) in [6, 6.07) is 10.7.